The normalized spacial score (nSPS) is 10.0. The van der Waals surface area contributed by atoms with Gasteiger partial charge in [-0.25, -0.2) is 0 Å². The second-order valence-corrected chi connectivity index (χ2v) is 7.05. The molecule has 3 aromatic carbocycles. The molecule has 0 atom stereocenters. The predicted molar refractivity (Wildman–Crippen MR) is 120 cm³/mol. The highest BCUT2D eigenvalue weighted by Crippen LogP contribution is 2.20. The predicted octanol–water partition coefficient (Wildman–Crippen LogP) is 3.79. The van der Waals surface area contributed by atoms with Gasteiger partial charge in [-0.1, -0.05) is 54.1 Å². The van der Waals surface area contributed by atoms with Crippen LogP contribution in [0.1, 0.15) is 15.9 Å². The van der Waals surface area contributed by atoms with Gasteiger partial charge in [0, 0.05) is 11.3 Å². The molecule has 0 aliphatic carbocycles. The van der Waals surface area contributed by atoms with Crippen LogP contribution < -0.4 is 10.6 Å². The molecule has 0 saturated heterocycles. The van der Waals surface area contributed by atoms with Crippen molar-refractivity contribution in [2.45, 2.75) is 0 Å². The lowest BCUT2D eigenvalue weighted by Gasteiger charge is -2.08. The van der Waals surface area contributed by atoms with Crippen LogP contribution in [0.5, 0.6) is 0 Å². The molecule has 160 valence electrons. The Labute approximate surface area is 189 Å². The van der Waals surface area contributed by atoms with E-state index in [4.69, 9.17) is 21.6 Å². The van der Waals surface area contributed by atoms with Crippen LogP contribution in [0.4, 0.5) is 5.69 Å². The smallest absolute Gasteiger partial charge is 0.325 e. The molecule has 0 aliphatic heterocycles. The van der Waals surface area contributed by atoms with Gasteiger partial charge in [0.1, 0.15) is 12.6 Å². The first-order valence-corrected chi connectivity index (χ1v) is 9.93. The number of nitrogens with one attached hydrogen (secondary N) is 2. The Balaban J connectivity index is 1.43. The number of nitriles is 1. The van der Waals surface area contributed by atoms with Crippen molar-refractivity contribution in [3.63, 3.8) is 0 Å². The molecular formula is C24H18ClN3O4. The van der Waals surface area contributed by atoms with Gasteiger partial charge in [0.15, 0.2) is 6.61 Å². The third-order valence-corrected chi connectivity index (χ3v) is 4.70. The fraction of sp³-hybridized carbons (Fsp3) is 0.0833. The van der Waals surface area contributed by atoms with Crippen LogP contribution in [0.15, 0.2) is 72.8 Å². The zero-order valence-electron chi connectivity index (χ0n) is 16.8. The lowest BCUT2D eigenvalue weighted by molar-refractivity contribution is -0.146. The van der Waals surface area contributed by atoms with Gasteiger partial charge in [-0.15, -0.1) is 0 Å². The van der Waals surface area contributed by atoms with Gasteiger partial charge < -0.3 is 15.4 Å². The maximum atomic E-state index is 12.2. The first kappa shape index (κ1) is 22.5. The van der Waals surface area contributed by atoms with Crippen LogP contribution in [0, 0.1) is 11.3 Å². The van der Waals surface area contributed by atoms with Crippen molar-refractivity contribution in [3.05, 3.63) is 88.9 Å². The molecule has 2 amide bonds. The van der Waals surface area contributed by atoms with E-state index >= 15 is 0 Å². The number of carbonyl (C=O) groups is 3. The molecule has 3 rings (SSSR count). The quantitative estimate of drug-likeness (QED) is 0.535. The Morgan fingerprint density at radius 1 is 0.938 bits per heavy atom. The number of benzene rings is 3. The highest BCUT2D eigenvalue weighted by Gasteiger charge is 2.12. The number of carbonyl (C=O) groups excluding carboxylic acids is 3. The summed E-state index contributed by atoms with van der Waals surface area (Å²) in [6, 6.07) is 23.0. The van der Waals surface area contributed by atoms with Crippen molar-refractivity contribution >= 4 is 35.1 Å². The summed E-state index contributed by atoms with van der Waals surface area (Å²) < 4.78 is 4.86. The number of rotatable bonds is 7. The molecule has 0 fully saturated rings. The Morgan fingerprint density at radius 2 is 1.62 bits per heavy atom. The molecule has 0 bridgehead atoms. The Hall–Kier alpha value is -4.15. The average Bonchev–Trinajstić information content (AvgIpc) is 2.82. The number of anilines is 1. The summed E-state index contributed by atoms with van der Waals surface area (Å²) in [5, 5.41) is 14.0. The molecule has 0 heterocycles. The molecule has 3 aromatic rings. The second kappa shape index (κ2) is 10.8. The zero-order valence-corrected chi connectivity index (χ0v) is 17.6. The highest BCUT2D eigenvalue weighted by molar-refractivity contribution is 6.32. The zero-order chi connectivity index (χ0) is 22.9. The average molecular weight is 448 g/mol. The van der Waals surface area contributed by atoms with Crippen molar-refractivity contribution in [2.24, 2.45) is 0 Å². The minimum Gasteiger partial charge on any atom is -0.454 e. The van der Waals surface area contributed by atoms with Crippen molar-refractivity contribution < 1.29 is 19.1 Å². The Morgan fingerprint density at radius 3 is 2.28 bits per heavy atom. The van der Waals surface area contributed by atoms with Gasteiger partial charge in [-0.05, 0) is 41.5 Å². The van der Waals surface area contributed by atoms with Crippen molar-refractivity contribution in [2.75, 3.05) is 18.5 Å². The van der Waals surface area contributed by atoms with Crippen LogP contribution in [-0.4, -0.2) is 30.9 Å². The maximum absolute atomic E-state index is 12.2. The third kappa shape index (κ3) is 6.17. The topological polar surface area (TPSA) is 108 Å². The summed E-state index contributed by atoms with van der Waals surface area (Å²) in [6.45, 7) is -0.909. The summed E-state index contributed by atoms with van der Waals surface area (Å²) in [5.74, 6) is -1.77. The molecular weight excluding hydrogens is 430 g/mol. The number of ether oxygens (including phenoxy) is 1. The van der Waals surface area contributed by atoms with E-state index in [1.165, 1.54) is 18.2 Å². The molecule has 0 saturated carbocycles. The number of hydrogen-bond acceptors (Lipinski definition) is 5. The van der Waals surface area contributed by atoms with Gasteiger partial charge >= 0.3 is 5.97 Å². The van der Waals surface area contributed by atoms with E-state index in [0.717, 1.165) is 11.1 Å². The molecule has 8 heteroatoms. The number of nitrogens with zero attached hydrogens (tertiary/aromatic N) is 1. The van der Waals surface area contributed by atoms with Crippen molar-refractivity contribution in [3.8, 4) is 17.2 Å². The van der Waals surface area contributed by atoms with Gasteiger partial charge in [0.25, 0.3) is 11.8 Å². The van der Waals surface area contributed by atoms with Crippen molar-refractivity contribution in [1.29, 1.82) is 5.26 Å². The summed E-state index contributed by atoms with van der Waals surface area (Å²) >= 11 is 5.90. The van der Waals surface area contributed by atoms with Gasteiger partial charge in [0.05, 0.1) is 10.6 Å². The molecule has 0 unspecified atom stereocenters. The van der Waals surface area contributed by atoms with E-state index < -0.39 is 24.4 Å². The Bertz CT molecular complexity index is 1170. The second-order valence-electron chi connectivity index (χ2n) is 6.64. The van der Waals surface area contributed by atoms with E-state index in [-0.39, 0.29) is 17.1 Å². The van der Waals surface area contributed by atoms with E-state index in [1.54, 1.807) is 12.1 Å². The van der Waals surface area contributed by atoms with Crippen molar-refractivity contribution in [1.82, 2.24) is 5.32 Å². The largest absolute Gasteiger partial charge is 0.454 e. The minimum absolute atomic E-state index is 0.196. The minimum atomic E-state index is -0.757. The summed E-state index contributed by atoms with van der Waals surface area (Å²) in [4.78, 5) is 36.0. The van der Waals surface area contributed by atoms with Gasteiger partial charge in [0.2, 0.25) is 0 Å². The molecule has 0 aliphatic rings. The maximum Gasteiger partial charge on any atom is 0.325 e. The molecule has 0 spiro atoms. The Kier molecular flexibility index (Phi) is 7.57. The van der Waals surface area contributed by atoms with E-state index in [9.17, 15) is 14.4 Å². The van der Waals surface area contributed by atoms with Crippen LogP contribution in [0.2, 0.25) is 5.02 Å². The van der Waals surface area contributed by atoms with Crippen LogP contribution in [0.25, 0.3) is 11.1 Å². The van der Waals surface area contributed by atoms with Gasteiger partial charge in [-0.2, -0.15) is 5.26 Å². The lowest BCUT2D eigenvalue weighted by Crippen LogP contribution is -2.32. The molecule has 7 nitrogen and oxygen atoms in total. The van der Waals surface area contributed by atoms with Crippen LogP contribution in [-0.2, 0) is 14.3 Å². The molecule has 0 radical (unpaired) electrons. The number of esters is 1. The highest BCUT2D eigenvalue weighted by atomic mass is 35.5. The first-order chi connectivity index (χ1) is 15.5. The summed E-state index contributed by atoms with van der Waals surface area (Å²) in [7, 11) is 0. The molecule has 0 aromatic heterocycles. The van der Waals surface area contributed by atoms with E-state index in [2.05, 4.69) is 10.6 Å². The number of hydrogen-bond donors (Lipinski definition) is 2. The monoisotopic (exact) mass is 447 g/mol. The van der Waals surface area contributed by atoms with E-state index in [1.807, 2.05) is 48.5 Å². The summed E-state index contributed by atoms with van der Waals surface area (Å²) in [6.07, 6.45) is 0. The molecule has 32 heavy (non-hydrogen) atoms. The number of amides is 2. The van der Waals surface area contributed by atoms with Crippen LogP contribution >= 0.6 is 11.6 Å². The van der Waals surface area contributed by atoms with Gasteiger partial charge in [-0.3, -0.25) is 14.4 Å². The fourth-order valence-corrected chi connectivity index (χ4v) is 3.00. The fourth-order valence-electron chi connectivity index (χ4n) is 2.78. The summed E-state index contributed by atoms with van der Waals surface area (Å²) in [5.41, 5.74) is 3.04. The molecule has 2 N–H and O–H groups in total. The third-order valence-electron chi connectivity index (χ3n) is 4.39. The standard InChI is InChI=1S/C24H18ClN3O4/c25-21-12-20(11-10-19(21)13-26)28-22(29)15-32-23(30)14-27-24(31)18-8-6-17(7-9-18)16-4-2-1-3-5-16/h1-12H,14-15H2,(H,27,31)(H,28,29). The first-order valence-electron chi connectivity index (χ1n) is 9.55. The van der Waals surface area contributed by atoms with Crippen LogP contribution in [0.3, 0.4) is 0 Å². The van der Waals surface area contributed by atoms with E-state index in [0.29, 0.717) is 11.3 Å². The SMILES string of the molecule is N#Cc1ccc(NC(=O)COC(=O)CNC(=O)c2ccc(-c3ccccc3)cc2)cc1Cl. The lowest BCUT2D eigenvalue weighted by atomic mass is 10.0. The number of halogens is 1.